The maximum absolute atomic E-state index is 13.0. The molecule has 1 fully saturated rings. The van der Waals surface area contributed by atoms with Gasteiger partial charge in [0.1, 0.15) is 5.01 Å². The number of hydrogen-bond acceptors (Lipinski definition) is 6. The standard InChI is InChI=1S/C21H30N4O3S2/c1-4-5-6-7-19-23-24-21(29-19)22-20(26)17-10-12-25(13-11-17)30(27,28)18-9-8-15(2)14-16(18)3/h8-9,14,17H,4-7,10-13H2,1-3H3,(H,22,24,26). The highest BCUT2D eigenvalue weighted by Crippen LogP contribution is 2.27. The van der Waals surface area contributed by atoms with Crippen molar-refractivity contribution in [2.24, 2.45) is 5.92 Å². The van der Waals surface area contributed by atoms with Crippen molar-refractivity contribution in [2.45, 2.75) is 64.2 Å². The molecule has 1 aromatic heterocycles. The van der Waals surface area contributed by atoms with Crippen molar-refractivity contribution in [3.8, 4) is 0 Å². The van der Waals surface area contributed by atoms with Crippen molar-refractivity contribution in [1.29, 1.82) is 0 Å². The number of nitrogens with zero attached hydrogens (tertiary/aromatic N) is 3. The molecule has 0 atom stereocenters. The van der Waals surface area contributed by atoms with Gasteiger partial charge in [0.15, 0.2) is 0 Å². The Kier molecular flexibility index (Phi) is 7.60. The third-order valence-corrected chi connectivity index (χ3v) is 8.42. The van der Waals surface area contributed by atoms with Gasteiger partial charge in [-0.05, 0) is 44.7 Å². The summed E-state index contributed by atoms with van der Waals surface area (Å²) in [5.74, 6) is -0.321. The molecular formula is C21H30N4O3S2. The van der Waals surface area contributed by atoms with Crippen LogP contribution in [0.4, 0.5) is 5.13 Å². The maximum Gasteiger partial charge on any atom is 0.243 e. The number of benzene rings is 1. The number of rotatable bonds is 8. The molecule has 0 spiro atoms. The van der Waals surface area contributed by atoms with E-state index in [1.807, 2.05) is 26.0 Å². The van der Waals surface area contributed by atoms with Gasteiger partial charge >= 0.3 is 0 Å². The van der Waals surface area contributed by atoms with Gasteiger partial charge in [-0.1, -0.05) is 48.8 Å². The molecular weight excluding hydrogens is 420 g/mol. The van der Waals surface area contributed by atoms with E-state index in [9.17, 15) is 13.2 Å². The van der Waals surface area contributed by atoms with Gasteiger partial charge in [0.05, 0.1) is 4.90 Å². The van der Waals surface area contributed by atoms with E-state index in [1.165, 1.54) is 15.6 Å². The molecule has 0 aliphatic carbocycles. The summed E-state index contributed by atoms with van der Waals surface area (Å²) in [5, 5.41) is 12.5. The lowest BCUT2D eigenvalue weighted by Gasteiger charge is -2.30. The normalized spacial score (nSPS) is 16.0. The molecule has 2 aromatic rings. The topological polar surface area (TPSA) is 92.3 Å². The van der Waals surface area contributed by atoms with Crippen LogP contribution >= 0.6 is 11.3 Å². The number of anilines is 1. The highest BCUT2D eigenvalue weighted by Gasteiger charge is 2.33. The summed E-state index contributed by atoms with van der Waals surface area (Å²) in [4.78, 5) is 13.0. The van der Waals surface area contributed by atoms with Crippen molar-refractivity contribution >= 4 is 32.4 Å². The Bertz CT molecular complexity index is 980. The minimum atomic E-state index is -3.54. The summed E-state index contributed by atoms with van der Waals surface area (Å²) in [5.41, 5.74) is 1.79. The molecule has 0 unspecified atom stereocenters. The first-order valence-electron chi connectivity index (χ1n) is 10.5. The SMILES string of the molecule is CCCCCc1nnc(NC(=O)C2CCN(S(=O)(=O)c3ccc(C)cc3C)CC2)s1. The average molecular weight is 451 g/mol. The fourth-order valence-corrected chi connectivity index (χ4v) is 6.19. The van der Waals surface area contributed by atoms with Crippen LogP contribution in [0.3, 0.4) is 0 Å². The number of aryl methyl sites for hydroxylation is 3. The minimum absolute atomic E-state index is 0.102. The zero-order valence-corrected chi connectivity index (χ0v) is 19.5. The maximum atomic E-state index is 13.0. The number of hydrogen-bond donors (Lipinski definition) is 1. The van der Waals surface area contributed by atoms with Crippen LogP contribution < -0.4 is 5.32 Å². The number of piperidine rings is 1. The molecule has 9 heteroatoms. The van der Waals surface area contributed by atoms with Crippen LogP contribution in [-0.2, 0) is 21.2 Å². The van der Waals surface area contributed by atoms with Crippen LogP contribution in [-0.4, -0.2) is 41.9 Å². The number of unbranched alkanes of at least 4 members (excludes halogenated alkanes) is 2. The summed E-state index contributed by atoms with van der Waals surface area (Å²) in [6.07, 6.45) is 5.27. The Morgan fingerprint density at radius 1 is 1.20 bits per heavy atom. The summed E-state index contributed by atoms with van der Waals surface area (Å²) < 4.78 is 27.5. The molecule has 3 rings (SSSR count). The quantitative estimate of drug-likeness (QED) is 0.615. The highest BCUT2D eigenvalue weighted by molar-refractivity contribution is 7.89. The molecule has 0 radical (unpaired) electrons. The fraction of sp³-hybridized carbons (Fsp3) is 0.571. The molecule has 1 aromatic carbocycles. The van der Waals surface area contributed by atoms with Gasteiger partial charge < -0.3 is 5.32 Å². The van der Waals surface area contributed by atoms with Crippen molar-refractivity contribution in [1.82, 2.24) is 14.5 Å². The number of carbonyl (C=O) groups excluding carboxylic acids is 1. The second kappa shape index (κ2) is 9.98. The Morgan fingerprint density at radius 3 is 2.60 bits per heavy atom. The number of sulfonamides is 1. The van der Waals surface area contributed by atoms with Crippen LogP contribution in [0.25, 0.3) is 0 Å². The van der Waals surface area contributed by atoms with Crippen molar-refractivity contribution in [3.05, 3.63) is 34.3 Å². The van der Waals surface area contributed by atoms with E-state index in [0.717, 1.165) is 41.8 Å². The van der Waals surface area contributed by atoms with E-state index in [2.05, 4.69) is 22.4 Å². The predicted octanol–water partition coefficient (Wildman–Crippen LogP) is 3.93. The minimum Gasteiger partial charge on any atom is -0.300 e. The van der Waals surface area contributed by atoms with Gasteiger partial charge in [0.25, 0.3) is 0 Å². The van der Waals surface area contributed by atoms with Crippen LogP contribution in [0.5, 0.6) is 0 Å². The van der Waals surface area contributed by atoms with Crippen LogP contribution in [0, 0.1) is 19.8 Å². The molecule has 30 heavy (non-hydrogen) atoms. The first-order chi connectivity index (χ1) is 14.3. The molecule has 7 nitrogen and oxygen atoms in total. The molecule has 1 saturated heterocycles. The molecule has 1 N–H and O–H groups in total. The zero-order chi connectivity index (χ0) is 21.7. The third-order valence-electron chi connectivity index (χ3n) is 5.46. The summed E-state index contributed by atoms with van der Waals surface area (Å²) in [7, 11) is -3.54. The van der Waals surface area contributed by atoms with E-state index >= 15 is 0 Å². The van der Waals surface area contributed by atoms with E-state index in [0.29, 0.717) is 36.0 Å². The summed E-state index contributed by atoms with van der Waals surface area (Å²) >= 11 is 1.42. The van der Waals surface area contributed by atoms with E-state index in [-0.39, 0.29) is 11.8 Å². The second-order valence-electron chi connectivity index (χ2n) is 7.89. The van der Waals surface area contributed by atoms with Gasteiger partial charge in [-0.3, -0.25) is 4.79 Å². The molecule has 1 aliphatic heterocycles. The molecule has 0 saturated carbocycles. The Hall–Kier alpha value is -1.84. The van der Waals surface area contributed by atoms with E-state index in [4.69, 9.17) is 0 Å². The zero-order valence-electron chi connectivity index (χ0n) is 17.8. The van der Waals surface area contributed by atoms with Crippen molar-refractivity contribution in [2.75, 3.05) is 18.4 Å². The van der Waals surface area contributed by atoms with Gasteiger partial charge in [-0.15, -0.1) is 10.2 Å². The average Bonchev–Trinajstić information content (AvgIpc) is 3.15. The number of amides is 1. The van der Waals surface area contributed by atoms with E-state index < -0.39 is 10.0 Å². The van der Waals surface area contributed by atoms with Crippen LogP contribution in [0.1, 0.15) is 55.2 Å². The Morgan fingerprint density at radius 2 is 1.93 bits per heavy atom. The molecule has 1 aliphatic rings. The molecule has 164 valence electrons. The second-order valence-corrected chi connectivity index (χ2v) is 10.9. The lowest BCUT2D eigenvalue weighted by atomic mass is 9.97. The van der Waals surface area contributed by atoms with Gasteiger partial charge in [0.2, 0.25) is 21.1 Å². The number of carbonyl (C=O) groups is 1. The Balaban J connectivity index is 1.55. The first-order valence-corrected chi connectivity index (χ1v) is 12.8. The van der Waals surface area contributed by atoms with Crippen LogP contribution in [0.15, 0.2) is 23.1 Å². The van der Waals surface area contributed by atoms with E-state index in [1.54, 1.807) is 6.07 Å². The number of aromatic nitrogens is 2. The monoisotopic (exact) mass is 450 g/mol. The summed E-state index contributed by atoms with van der Waals surface area (Å²) in [6.45, 7) is 6.60. The third kappa shape index (κ3) is 5.44. The van der Waals surface area contributed by atoms with Crippen molar-refractivity contribution in [3.63, 3.8) is 0 Å². The van der Waals surface area contributed by atoms with Crippen LogP contribution in [0.2, 0.25) is 0 Å². The van der Waals surface area contributed by atoms with Gasteiger partial charge in [-0.2, -0.15) is 4.31 Å². The number of nitrogens with one attached hydrogen (secondary N) is 1. The largest absolute Gasteiger partial charge is 0.300 e. The first kappa shape index (κ1) is 22.8. The van der Waals surface area contributed by atoms with Gasteiger partial charge in [-0.25, -0.2) is 8.42 Å². The summed E-state index contributed by atoms with van der Waals surface area (Å²) in [6, 6.07) is 5.37. The Labute approximate surface area is 183 Å². The smallest absolute Gasteiger partial charge is 0.243 e. The predicted molar refractivity (Wildman–Crippen MR) is 119 cm³/mol. The molecule has 0 bridgehead atoms. The molecule has 1 amide bonds. The lowest BCUT2D eigenvalue weighted by Crippen LogP contribution is -2.41. The lowest BCUT2D eigenvalue weighted by molar-refractivity contribution is -0.120. The highest BCUT2D eigenvalue weighted by atomic mass is 32.2. The van der Waals surface area contributed by atoms with Gasteiger partial charge in [0, 0.05) is 25.4 Å². The fourth-order valence-electron chi connectivity index (χ4n) is 3.73. The molecule has 2 heterocycles. The van der Waals surface area contributed by atoms with Crippen molar-refractivity contribution < 1.29 is 13.2 Å².